The van der Waals surface area contributed by atoms with Crippen LogP contribution in [0.3, 0.4) is 0 Å². The van der Waals surface area contributed by atoms with Gasteiger partial charge in [0.15, 0.2) is 11.6 Å². The average molecular weight is 659 g/mol. The quantitative estimate of drug-likeness (QED) is 0.0609. The number of guanidine groups is 1. The minimum absolute atomic E-state index is 0.0710. The van der Waals surface area contributed by atoms with E-state index in [4.69, 9.17) is 19.3 Å². The molecule has 0 aromatic heterocycles. The third kappa shape index (κ3) is 9.52. The number of carboxylic acids is 1. The zero-order valence-electron chi connectivity index (χ0n) is 29.4. The van der Waals surface area contributed by atoms with Gasteiger partial charge in [-0.25, -0.2) is 10.6 Å². The summed E-state index contributed by atoms with van der Waals surface area (Å²) in [6.07, 6.45) is 28.8. The SMILES string of the molecule is CC[C@@H]1C=CCC[C@]2(C[C@H]3CC[C@H]4[C@@H](C(=O)OCCCCCCCCCCCCCCCC(=O)O)[C@@]5(CCC[C@H](C)O5)NC(=[N+]34)N2)O1. The van der Waals surface area contributed by atoms with Gasteiger partial charge in [-0.05, 0) is 58.3 Å². The molecule has 5 heterocycles. The molecule has 2 saturated heterocycles. The highest BCUT2D eigenvalue weighted by Crippen LogP contribution is 2.45. The molecule has 5 rings (SSSR count). The van der Waals surface area contributed by atoms with Gasteiger partial charge < -0.3 is 19.3 Å². The smallest absolute Gasteiger partial charge is 0.350 e. The van der Waals surface area contributed by atoms with Crippen molar-refractivity contribution in [2.24, 2.45) is 5.92 Å². The maximum absolute atomic E-state index is 14.0. The fraction of sp³-hybridized carbons (Fsp3) is 0.868. The molecule has 0 radical (unpaired) electrons. The highest BCUT2D eigenvalue weighted by molar-refractivity contribution is 5.82. The molecule has 47 heavy (non-hydrogen) atoms. The first kappa shape index (κ1) is 36.2. The topological polar surface area (TPSA) is 109 Å². The molecule has 5 aliphatic heterocycles. The van der Waals surface area contributed by atoms with Crippen LogP contribution in [0.15, 0.2) is 12.2 Å². The Balaban J connectivity index is 1.06. The predicted octanol–water partition coefficient (Wildman–Crippen LogP) is 7.31. The summed E-state index contributed by atoms with van der Waals surface area (Å²) >= 11 is 0. The van der Waals surface area contributed by atoms with Crippen LogP contribution in [0.5, 0.6) is 0 Å². The normalized spacial score (nSPS) is 32.9. The number of hydrogen-bond donors (Lipinski definition) is 3. The molecular formula is C38H64N3O6+. The highest BCUT2D eigenvalue weighted by Gasteiger charge is 2.64. The Labute approximate surface area is 283 Å². The largest absolute Gasteiger partial charge is 0.481 e. The second-order valence-corrected chi connectivity index (χ2v) is 15.1. The number of rotatable bonds is 18. The van der Waals surface area contributed by atoms with Crippen molar-refractivity contribution >= 4 is 17.9 Å². The van der Waals surface area contributed by atoms with Crippen molar-refractivity contribution in [1.82, 2.24) is 10.6 Å². The van der Waals surface area contributed by atoms with E-state index in [0.29, 0.717) is 19.1 Å². The molecule has 7 atom stereocenters. The fourth-order valence-electron chi connectivity index (χ4n) is 8.98. The maximum atomic E-state index is 14.0. The number of esters is 1. The van der Waals surface area contributed by atoms with E-state index in [1.54, 1.807) is 0 Å². The molecule has 0 bridgehead atoms. The summed E-state index contributed by atoms with van der Waals surface area (Å²) in [6, 6.07) is 0.408. The molecule has 0 unspecified atom stereocenters. The molecule has 5 aliphatic rings. The summed E-state index contributed by atoms with van der Waals surface area (Å²) in [6.45, 7) is 4.81. The summed E-state index contributed by atoms with van der Waals surface area (Å²) < 4.78 is 22.1. The number of carboxylic acid groups (broad SMARTS) is 1. The van der Waals surface area contributed by atoms with Crippen LogP contribution in [-0.4, -0.2) is 69.9 Å². The van der Waals surface area contributed by atoms with Crippen molar-refractivity contribution in [2.75, 3.05) is 6.61 Å². The first-order valence-electron chi connectivity index (χ1n) is 19.5. The highest BCUT2D eigenvalue weighted by atomic mass is 16.6. The second-order valence-electron chi connectivity index (χ2n) is 15.1. The summed E-state index contributed by atoms with van der Waals surface area (Å²) in [5.74, 6) is -0.132. The Morgan fingerprint density at radius 1 is 0.915 bits per heavy atom. The summed E-state index contributed by atoms with van der Waals surface area (Å²) in [5, 5.41) is 16.4. The number of carbonyl (C=O) groups is 2. The van der Waals surface area contributed by atoms with E-state index in [1.807, 2.05) is 0 Å². The minimum Gasteiger partial charge on any atom is -0.481 e. The Morgan fingerprint density at radius 2 is 1.60 bits per heavy atom. The third-order valence-corrected chi connectivity index (χ3v) is 11.4. The van der Waals surface area contributed by atoms with Gasteiger partial charge in [-0.3, -0.25) is 14.2 Å². The summed E-state index contributed by atoms with van der Waals surface area (Å²) in [5.41, 5.74) is -1.15. The molecule has 0 amide bonds. The summed E-state index contributed by atoms with van der Waals surface area (Å²) in [4.78, 5) is 24.5. The van der Waals surface area contributed by atoms with E-state index in [9.17, 15) is 9.59 Å². The Bertz CT molecular complexity index is 1100. The standard InChI is InChI=1S/C38H63N3O6/c1-3-31-21-16-17-25-37(47-31)28-30-23-24-32-34(38(26-19-20-29(2)46-38)40-36(39-37)41(30)32)35(44)45-27-18-14-12-10-8-6-4-5-7-9-11-13-15-22-33(42)43/h16,21,29-32,34H,3-15,17-20,22-28H2,1-2H3,(H2,39,40,42,43)/p+1/t29-,30+,31+,32-,34-,37+,38-/m0/s1. The lowest BCUT2D eigenvalue weighted by molar-refractivity contribution is -0.609. The maximum Gasteiger partial charge on any atom is 0.350 e. The fourth-order valence-corrected chi connectivity index (χ4v) is 8.98. The van der Waals surface area contributed by atoms with Crippen LogP contribution in [-0.2, 0) is 23.8 Å². The first-order valence-corrected chi connectivity index (χ1v) is 19.5. The van der Waals surface area contributed by atoms with Crippen molar-refractivity contribution in [2.45, 2.75) is 197 Å². The van der Waals surface area contributed by atoms with Gasteiger partial charge in [-0.1, -0.05) is 89.7 Å². The van der Waals surface area contributed by atoms with Crippen LogP contribution >= 0.6 is 0 Å². The molecule has 2 spiro atoms. The average Bonchev–Trinajstić information content (AvgIpc) is 3.34. The molecule has 266 valence electrons. The minimum atomic E-state index is -0.751. The van der Waals surface area contributed by atoms with Gasteiger partial charge >= 0.3 is 17.9 Å². The molecule has 0 aromatic rings. The van der Waals surface area contributed by atoms with Crippen LogP contribution in [0.4, 0.5) is 0 Å². The molecule has 0 saturated carbocycles. The number of ether oxygens (including phenoxy) is 3. The Kier molecular flexibility index (Phi) is 13.5. The molecule has 9 nitrogen and oxygen atoms in total. The monoisotopic (exact) mass is 658 g/mol. The number of unbranched alkanes of at least 4 members (excludes halogenated alkanes) is 12. The third-order valence-electron chi connectivity index (χ3n) is 11.4. The summed E-state index contributed by atoms with van der Waals surface area (Å²) in [7, 11) is 0. The number of hydrogen-bond acceptors (Lipinski definition) is 7. The van der Waals surface area contributed by atoms with Crippen molar-refractivity contribution < 1.29 is 33.5 Å². The Hall–Kier alpha value is -2.13. The number of nitrogens with zero attached hydrogens (tertiary/aromatic N) is 1. The lowest BCUT2D eigenvalue weighted by Crippen LogP contribution is -2.76. The molecule has 9 heteroatoms. The van der Waals surface area contributed by atoms with E-state index in [0.717, 1.165) is 95.9 Å². The van der Waals surface area contributed by atoms with E-state index >= 15 is 0 Å². The van der Waals surface area contributed by atoms with Gasteiger partial charge in [0.1, 0.15) is 0 Å². The van der Waals surface area contributed by atoms with E-state index in [-0.39, 0.29) is 30.1 Å². The second kappa shape index (κ2) is 17.5. The lowest BCUT2D eigenvalue weighted by Gasteiger charge is -2.50. The van der Waals surface area contributed by atoms with Gasteiger partial charge in [0.05, 0.1) is 30.9 Å². The van der Waals surface area contributed by atoms with Crippen LogP contribution in [0, 0.1) is 5.92 Å². The van der Waals surface area contributed by atoms with Crippen LogP contribution in [0.2, 0.25) is 0 Å². The van der Waals surface area contributed by atoms with Crippen molar-refractivity contribution in [1.29, 1.82) is 0 Å². The molecule has 2 fully saturated rings. The van der Waals surface area contributed by atoms with E-state index < -0.39 is 17.4 Å². The van der Waals surface area contributed by atoms with E-state index in [2.05, 4.69) is 41.2 Å². The molecule has 0 aliphatic carbocycles. The predicted molar refractivity (Wildman–Crippen MR) is 183 cm³/mol. The Morgan fingerprint density at radius 3 is 2.26 bits per heavy atom. The van der Waals surface area contributed by atoms with Crippen LogP contribution in [0.1, 0.15) is 162 Å². The van der Waals surface area contributed by atoms with Gasteiger partial charge in [0, 0.05) is 25.7 Å². The van der Waals surface area contributed by atoms with Crippen molar-refractivity contribution in [3.8, 4) is 0 Å². The van der Waals surface area contributed by atoms with Gasteiger partial charge in [-0.2, -0.15) is 0 Å². The van der Waals surface area contributed by atoms with Crippen molar-refractivity contribution in [3.63, 3.8) is 0 Å². The molecule has 0 aromatic carbocycles. The zero-order chi connectivity index (χ0) is 33.1. The van der Waals surface area contributed by atoms with Crippen LogP contribution < -0.4 is 10.6 Å². The van der Waals surface area contributed by atoms with Crippen molar-refractivity contribution in [3.05, 3.63) is 12.2 Å². The zero-order valence-corrected chi connectivity index (χ0v) is 29.4. The van der Waals surface area contributed by atoms with E-state index in [1.165, 1.54) is 51.4 Å². The number of carbonyl (C=O) groups excluding carboxylic acids is 1. The number of nitrogens with one attached hydrogen (secondary N) is 2. The first-order chi connectivity index (χ1) is 22.8. The van der Waals surface area contributed by atoms with Gasteiger partial charge in [0.25, 0.3) is 0 Å². The molecular weight excluding hydrogens is 594 g/mol. The number of aliphatic carboxylic acids is 1. The van der Waals surface area contributed by atoms with Crippen LogP contribution in [0.25, 0.3) is 0 Å². The number of allylic oxidation sites excluding steroid dienone is 1. The molecule has 3 N–H and O–H groups in total. The van der Waals surface area contributed by atoms with Gasteiger partial charge in [-0.15, -0.1) is 0 Å². The lowest BCUT2D eigenvalue weighted by atomic mass is 9.80. The van der Waals surface area contributed by atoms with Gasteiger partial charge in [0.2, 0.25) is 5.72 Å².